The molecule has 0 aliphatic carbocycles. The highest BCUT2D eigenvalue weighted by molar-refractivity contribution is 6.38. The zero-order chi connectivity index (χ0) is 22.0. The number of pyridine rings is 1. The summed E-state index contributed by atoms with van der Waals surface area (Å²) in [6.45, 7) is 0.861. The monoisotopic (exact) mass is 421 g/mol. The third-order valence-corrected chi connectivity index (χ3v) is 5.12. The number of aliphatic imine (C=N–C) groups is 1. The van der Waals surface area contributed by atoms with E-state index in [2.05, 4.69) is 15.1 Å². The van der Waals surface area contributed by atoms with Crippen molar-refractivity contribution in [3.05, 3.63) is 75.8 Å². The van der Waals surface area contributed by atoms with Crippen molar-refractivity contribution in [1.82, 2.24) is 9.88 Å². The lowest BCUT2D eigenvalue weighted by Crippen LogP contribution is -2.29. The van der Waals surface area contributed by atoms with Gasteiger partial charge < -0.3 is 20.8 Å². The van der Waals surface area contributed by atoms with E-state index in [1.807, 2.05) is 0 Å². The second-order valence-electron chi connectivity index (χ2n) is 7.26. The van der Waals surface area contributed by atoms with Crippen LogP contribution in [0, 0.1) is 5.82 Å². The van der Waals surface area contributed by atoms with Crippen LogP contribution in [0.3, 0.4) is 0 Å². The van der Waals surface area contributed by atoms with E-state index in [4.69, 9.17) is 5.84 Å². The maximum atomic E-state index is 13.5. The molecular weight excluding hydrogens is 401 g/mol. The number of aromatic nitrogens is 1. The number of benzene rings is 2. The van der Waals surface area contributed by atoms with E-state index >= 15 is 0 Å². The number of β-amino-alcohol motifs (C(OH)–C–C–N with tert-alkyl or cyclic N) is 1. The Labute approximate surface area is 176 Å². The van der Waals surface area contributed by atoms with E-state index in [0.717, 1.165) is 0 Å². The first kappa shape index (κ1) is 20.4. The van der Waals surface area contributed by atoms with Crippen LogP contribution in [0.25, 0.3) is 10.9 Å². The summed E-state index contributed by atoms with van der Waals surface area (Å²) in [5, 5.41) is 13.7. The zero-order valence-corrected chi connectivity index (χ0v) is 16.5. The van der Waals surface area contributed by atoms with E-state index in [1.54, 1.807) is 29.2 Å². The summed E-state index contributed by atoms with van der Waals surface area (Å²) in [5.41, 5.74) is 1.37. The highest BCUT2D eigenvalue weighted by atomic mass is 19.1. The molecule has 31 heavy (non-hydrogen) atoms. The van der Waals surface area contributed by atoms with Crippen LogP contribution >= 0.6 is 0 Å². The third kappa shape index (κ3) is 4.36. The molecule has 1 saturated heterocycles. The van der Waals surface area contributed by atoms with Crippen LogP contribution in [0.4, 0.5) is 10.1 Å². The molecule has 1 atom stereocenters. The average Bonchev–Trinajstić information content (AvgIpc) is 3.21. The molecule has 0 unspecified atom stereocenters. The fourth-order valence-corrected chi connectivity index (χ4v) is 3.47. The van der Waals surface area contributed by atoms with Gasteiger partial charge in [0, 0.05) is 29.6 Å². The molecule has 8 nitrogen and oxygen atoms in total. The summed E-state index contributed by atoms with van der Waals surface area (Å²) in [6, 6.07) is 12.1. The lowest BCUT2D eigenvalue weighted by Gasteiger charge is -2.15. The number of hydrogen-bond acceptors (Lipinski definition) is 6. The molecular formula is C22H20FN5O3. The lowest BCUT2D eigenvalue weighted by molar-refractivity contribution is 0.0765. The normalized spacial score (nSPS) is 17.0. The molecule has 9 heteroatoms. The van der Waals surface area contributed by atoms with Gasteiger partial charge in [-0.25, -0.2) is 4.39 Å². The van der Waals surface area contributed by atoms with Gasteiger partial charge in [0.1, 0.15) is 11.5 Å². The number of fused-ring (bicyclic) bond motifs is 1. The number of aromatic amines is 1. The summed E-state index contributed by atoms with van der Waals surface area (Å²) < 4.78 is 13.5. The number of likely N-dealkylation sites (tertiary alicyclic amines) is 1. The van der Waals surface area contributed by atoms with Crippen molar-refractivity contribution in [2.75, 3.05) is 13.1 Å². The molecule has 0 radical (unpaired) electrons. The third-order valence-electron chi connectivity index (χ3n) is 5.12. The van der Waals surface area contributed by atoms with E-state index in [9.17, 15) is 19.1 Å². The van der Waals surface area contributed by atoms with Crippen LogP contribution in [0.5, 0.6) is 0 Å². The summed E-state index contributed by atoms with van der Waals surface area (Å²) in [7, 11) is 0. The van der Waals surface area contributed by atoms with Gasteiger partial charge in [-0.2, -0.15) is 5.10 Å². The largest absolute Gasteiger partial charge is 0.391 e. The van der Waals surface area contributed by atoms with Gasteiger partial charge >= 0.3 is 0 Å². The number of nitrogens with two attached hydrogens (primary N) is 1. The second kappa shape index (κ2) is 8.49. The number of carbonyl (C=O) groups excluding carboxylic acids is 1. The summed E-state index contributed by atoms with van der Waals surface area (Å²) >= 11 is 0. The maximum absolute atomic E-state index is 13.5. The Bertz CT molecular complexity index is 1250. The van der Waals surface area contributed by atoms with Crippen molar-refractivity contribution in [3.8, 4) is 0 Å². The molecule has 4 rings (SSSR count). The minimum Gasteiger partial charge on any atom is -0.391 e. The topological polar surface area (TPSA) is 124 Å². The summed E-state index contributed by atoms with van der Waals surface area (Å²) in [5.74, 6) is 4.88. The van der Waals surface area contributed by atoms with Gasteiger partial charge in [0.15, 0.2) is 0 Å². The van der Waals surface area contributed by atoms with Crippen molar-refractivity contribution >= 4 is 34.4 Å². The van der Waals surface area contributed by atoms with Crippen LogP contribution in [-0.4, -0.2) is 52.0 Å². The maximum Gasteiger partial charge on any atom is 0.258 e. The SMILES string of the molecule is NN=C(C=Nc1ccc(C(=O)N2CC[C@H](O)C2)cc1)c1cc2cc(F)ccc2[nH]c1=O. The number of hydrazone groups is 1. The number of carbonyl (C=O) groups is 1. The molecule has 4 N–H and O–H groups in total. The number of hydrogen-bond donors (Lipinski definition) is 3. The zero-order valence-electron chi connectivity index (χ0n) is 16.5. The predicted octanol–water partition coefficient (Wildman–Crippen LogP) is 1.94. The Hall–Kier alpha value is -3.85. The van der Waals surface area contributed by atoms with Gasteiger partial charge in [0.2, 0.25) is 0 Å². The molecule has 0 spiro atoms. The molecule has 2 aromatic carbocycles. The Morgan fingerprint density at radius 3 is 2.68 bits per heavy atom. The van der Waals surface area contributed by atoms with Crippen LogP contribution in [-0.2, 0) is 0 Å². The van der Waals surface area contributed by atoms with Crippen LogP contribution in [0.1, 0.15) is 22.3 Å². The molecule has 0 bridgehead atoms. The number of nitrogens with one attached hydrogen (secondary N) is 1. The number of H-pyrrole nitrogens is 1. The summed E-state index contributed by atoms with van der Waals surface area (Å²) in [6.07, 6.45) is 1.44. The minimum absolute atomic E-state index is 0.124. The van der Waals surface area contributed by atoms with Crippen molar-refractivity contribution in [2.45, 2.75) is 12.5 Å². The molecule has 0 saturated carbocycles. The van der Waals surface area contributed by atoms with Gasteiger partial charge in [-0.15, -0.1) is 0 Å². The highest BCUT2D eigenvalue weighted by Crippen LogP contribution is 2.18. The first-order valence-corrected chi connectivity index (χ1v) is 9.67. The Kier molecular flexibility index (Phi) is 5.59. The smallest absolute Gasteiger partial charge is 0.258 e. The van der Waals surface area contributed by atoms with Crippen molar-refractivity contribution in [3.63, 3.8) is 0 Å². The van der Waals surface area contributed by atoms with Crippen molar-refractivity contribution < 1.29 is 14.3 Å². The Morgan fingerprint density at radius 1 is 1.23 bits per heavy atom. The Morgan fingerprint density at radius 2 is 2.00 bits per heavy atom. The van der Waals surface area contributed by atoms with E-state index in [1.165, 1.54) is 30.5 Å². The number of rotatable bonds is 4. The molecule has 2 heterocycles. The summed E-state index contributed by atoms with van der Waals surface area (Å²) in [4.78, 5) is 33.4. The molecule has 1 aliphatic rings. The van der Waals surface area contributed by atoms with Gasteiger partial charge in [-0.1, -0.05) is 0 Å². The van der Waals surface area contributed by atoms with E-state index in [-0.39, 0.29) is 17.2 Å². The van der Waals surface area contributed by atoms with Gasteiger partial charge in [0.05, 0.1) is 23.6 Å². The quantitative estimate of drug-likeness (QED) is 0.338. The fraction of sp³-hybridized carbons (Fsp3) is 0.182. The number of halogens is 1. The Balaban J connectivity index is 1.54. The predicted molar refractivity (Wildman–Crippen MR) is 116 cm³/mol. The second-order valence-corrected chi connectivity index (χ2v) is 7.26. The van der Waals surface area contributed by atoms with E-state index < -0.39 is 17.5 Å². The number of aliphatic hydroxyl groups is 1. The van der Waals surface area contributed by atoms with Crippen LogP contribution < -0.4 is 11.4 Å². The fourth-order valence-electron chi connectivity index (χ4n) is 3.47. The lowest BCUT2D eigenvalue weighted by atomic mass is 10.1. The van der Waals surface area contributed by atoms with Gasteiger partial charge in [-0.05, 0) is 55.0 Å². The van der Waals surface area contributed by atoms with Crippen molar-refractivity contribution in [2.24, 2.45) is 15.9 Å². The van der Waals surface area contributed by atoms with Crippen molar-refractivity contribution in [1.29, 1.82) is 0 Å². The molecule has 158 valence electrons. The molecule has 1 aromatic heterocycles. The number of aliphatic hydroxyl groups excluding tert-OH is 1. The van der Waals surface area contributed by atoms with Gasteiger partial charge in [0.25, 0.3) is 11.5 Å². The first-order valence-electron chi connectivity index (χ1n) is 9.67. The average molecular weight is 421 g/mol. The standard InChI is InChI=1S/C22H20FN5O3/c23-15-3-6-19-14(9-15)10-18(21(30)26-19)20(27-24)11-25-16-4-1-13(2-5-16)22(31)28-8-7-17(29)12-28/h1-6,9-11,17,29H,7-8,12,24H2,(H,26,30)/t17-/m0/s1. The highest BCUT2D eigenvalue weighted by Gasteiger charge is 2.25. The molecule has 1 aliphatic heterocycles. The minimum atomic E-state index is -0.475. The van der Waals surface area contributed by atoms with E-state index in [0.29, 0.717) is 41.7 Å². The van der Waals surface area contributed by atoms with Crippen LogP contribution in [0.2, 0.25) is 0 Å². The number of amides is 1. The first-order chi connectivity index (χ1) is 14.9. The number of nitrogens with zero attached hydrogens (tertiary/aromatic N) is 3. The molecule has 1 fully saturated rings. The molecule has 1 amide bonds. The van der Waals surface area contributed by atoms with Gasteiger partial charge in [-0.3, -0.25) is 14.6 Å². The molecule has 3 aromatic rings. The van der Waals surface area contributed by atoms with Crippen LogP contribution in [0.15, 0.2) is 63.4 Å².